The number of nitrogen functional groups attached to an aromatic ring is 1. The predicted octanol–water partition coefficient (Wildman–Crippen LogP) is -0.460. The molecule has 6 nitrogen and oxygen atoms in total. The monoisotopic (exact) mass is 142 g/mol. The highest BCUT2D eigenvalue weighted by Crippen LogP contribution is 2.05. The van der Waals surface area contributed by atoms with Crippen LogP contribution in [0.4, 0.5) is 5.95 Å². The number of aromatic nitrogens is 4. The van der Waals surface area contributed by atoms with Gasteiger partial charge in [0.1, 0.15) is 0 Å². The van der Waals surface area contributed by atoms with Crippen LogP contribution in [0.3, 0.4) is 0 Å². The summed E-state index contributed by atoms with van der Waals surface area (Å²) in [5.74, 6) is 5.60. The van der Waals surface area contributed by atoms with E-state index in [1.165, 1.54) is 0 Å². The minimum Gasteiger partial charge on any atom is -0.291 e. The normalized spacial score (nSPS) is 10.4. The van der Waals surface area contributed by atoms with Gasteiger partial charge in [0.05, 0.1) is 6.04 Å². The van der Waals surface area contributed by atoms with Gasteiger partial charge < -0.3 is 0 Å². The van der Waals surface area contributed by atoms with E-state index < -0.39 is 0 Å². The van der Waals surface area contributed by atoms with Crippen molar-refractivity contribution in [2.75, 3.05) is 5.43 Å². The maximum absolute atomic E-state index is 5.12. The third-order valence-electron chi connectivity index (χ3n) is 1.11. The molecule has 1 heterocycles. The molecule has 0 unspecified atom stereocenters. The van der Waals surface area contributed by atoms with Gasteiger partial charge in [0.2, 0.25) is 0 Å². The number of rotatable bonds is 2. The molecule has 3 N–H and O–H groups in total. The van der Waals surface area contributed by atoms with Gasteiger partial charge >= 0.3 is 0 Å². The van der Waals surface area contributed by atoms with Gasteiger partial charge in [0, 0.05) is 0 Å². The summed E-state index contributed by atoms with van der Waals surface area (Å²) in [4.78, 5) is 0. The molecule has 0 bridgehead atoms. The lowest BCUT2D eigenvalue weighted by Crippen LogP contribution is -2.15. The quantitative estimate of drug-likeness (QED) is 0.431. The van der Waals surface area contributed by atoms with Crippen molar-refractivity contribution in [3.8, 4) is 0 Å². The minimum absolute atomic E-state index is 0.223. The maximum atomic E-state index is 5.12. The van der Waals surface area contributed by atoms with Crippen LogP contribution in [0.5, 0.6) is 0 Å². The van der Waals surface area contributed by atoms with Crippen molar-refractivity contribution in [2.24, 2.45) is 5.84 Å². The molecule has 0 aromatic carbocycles. The smallest absolute Gasteiger partial charge is 0.257 e. The Hall–Kier alpha value is -1.17. The van der Waals surface area contributed by atoms with Crippen molar-refractivity contribution in [2.45, 2.75) is 19.9 Å². The first-order valence-corrected chi connectivity index (χ1v) is 3.00. The lowest BCUT2D eigenvalue weighted by atomic mass is 10.4. The largest absolute Gasteiger partial charge is 0.291 e. The van der Waals surface area contributed by atoms with Gasteiger partial charge in [0.25, 0.3) is 5.95 Å². The zero-order chi connectivity index (χ0) is 7.56. The first-order valence-electron chi connectivity index (χ1n) is 3.00. The van der Waals surface area contributed by atoms with Crippen molar-refractivity contribution < 1.29 is 0 Å². The van der Waals surface area contributed by atoms with Crippen LogP contribution in [-0.4, -0.2) is 20.2 Å². The number of nitrogens with one attached hydrogen (secondary N) is 1. The van der Waals surface area contributed by atoms with Gasteiger partial charge in [-0.25, -0.2) is 10.5 Å². The highest BCUT2D eigenvalue weighted by Gasteiger charge is 2.05. The number of anilines is 1. The average molecular weight is 142 g/mol. The standard InChI is InChI=1S/C4H10N6/c1-3(2)10-4(6-5)7-8-9-10/h3H,5H2,1-2H3,(H,6,7,9). The topological polar surface area (TPSA) is 81.7 Å². The van der Waals surface area contributed by atoms with Crippen LogP contribution in [0, 0.1) is 0 Å². The summed E-state index contributed by atoms with van der Waals surface area (Å²) in [6, 6.07) is 0.223. The fraction of sp³-hybridized carbons (Fsp3) is 0.750. The fourth-order valence-corrected chi connectivity index (χ4v) is 0.636. The zero-order valence-corrected chi connectivity index (χ0v) is 5.94. The fourth-order valence-electron chi connectivity index (χ4n) is 0.636. The molecule has 6 heteroatoms. The molecule has 0 radical (unpaired) electrons. The van der Waals surface area contributed by atoms with Crippen molar-refractivity contribution in [1.29, 1.82) is 0 Å². The van der Waals surface area contributed by atoms with E-state index in [9.17, 15) is 0 Å². The Morgan fingerprint density at radius 1 is 1.60 bits per heavy atom. The molecular formula is C4H10N6. The van der Waals surface area contributed by atoms with Crippen molar-refractivity contribution in [3.63, 3.8) is 0 Å². The number of hydrogen-bond acceptors (Lipinski definition) is 5. The lowest BCUT2D eigenvalue weighted by molar-refractivity contribution is 0.519. The van der Waals surface area contributed by atoms with E-state index in [1.807, 2.05) is 13.8 Å². The molecule has 0 fully saturated rings. The second-order valence-corrected chi connectivity index (χ2v) is 2.19. The molecule has 0 saturated heterocycles. The van der Waals surface area contributed by atoms with Gasteiger partial charge in [-0.2, -0.15) is 0 Å². The highest BCUT2D eigenvalue weighted by atomic mass is 15.6. The van der Waals surface area contributed by atoms with Crippen LogP contribution in [0.25, 0.3) is 0 Å². The van der Waals surface area contributed by atoms with Crippen molar-refractivity contribution >= 4 is 5.95 Å². The van der Waals surface area contributed by atoms with E-state index in [0.29, 0.717) is 5.95 Å². The predicted molar refractivity (Wildman–Crippen MR) is 36.0 cm³/mol. The number of nitrogens with two attached hydrogens (primary N) is 1. The molecule has 0 amide bonds. The summed E-state index contributed by atoms with van der Waals surface area (Å²) in [5, 5.41) is 10.8. The van der Waals surface area contributed by atoms with Gasteiger partial charge in [-0.1, -0.05) is 5.10 Å². The third-order valence-corrected chi connectivity index (χ3v) is 1.11. The molecule has 0 aliphatic heterocycles. The van der Waals surface area contributed by atoms with Gasteiger partial charge in [-0.3, -0.25) is 5.43 Å². The molecule has 0 aliphatic rings. The van der Waals surface area contributed by atoms with E-state index in [2.05, 4.69) is 21.0 Å². The van der Waals surface area contributed by atoms with E-state index in [1.54, 1.807) is 4.68 Å². The SMILES string of the molecule is CC(C)n1nnnc1NN. The summed E-state index contributed by atoms with van der Waals surface area (Å²) >= 11 is 0. The minimum atomic E-state index is 0.223. The number of hydrogen-bond donors (Lipinski definition) is 2. The Labute approximate surface area is 58.4 Å². The summed E-state index contributed by atoms with van der Waals surface area (Å²) in [6.07, 6.45) is 0. The first kappa shape index (κ1) is 6.94. The van der Waals surface area contributed by atoms with Gasteiger partial charge in [-0.15, -0.1) is 0 Å². The summed E-state index contributed by atoms with van der Waals surface area (Å²) < 4.78 is 1.60. The summed E-state index contributed by atoms with van der Waals surface area (Å²) in [6.45, 7) is 3.94. The summed E-state index contributed by atoms with van der Waals surface area (Å²) in [5.41, 5.74) is 2.38. The molecule has 56 valence electrons. The Kier molecular flexibility index (Phi) is 1.81. The lowest BCUT2D eigenvalue weighted by Gasteiger charge is -2.05. The van der Waals surface area contributed by atoms with Gasteiger partial charge in [0.15, 0.2) is 0 Å². The number of hydrazine groups is 1. The van der Waals surface area contributed by atoms with Crippen LogP contribution >= 0.6 is 0 Å². The van der Waals surface area contributed by atoms with Gasteiger partial charge in [-0.05, 0) is 24.3 Å². The van der Waals surface area contributed by atoms with Crippen molar-refractivity contribution in [3.05, 3.63) is 0 Å². The van der Waals surface area contributed by atoms with E-state index in [0.717, 1.165) is 0 Å². The van der Waals surface area contributed by atoms with E-state index in [-0.39, 0.29) is 6.04 Å². The Bertz CT molecular complexity index is 203. The second-order valence-electron chi connectivity index (χ2n) is 2.19. The molecule has 1 aromatic heterocycles. The van der Waals surface area contributed by atoms with Crippen molar-refractivity contribution in [1.82, 2.24) is 20.2 Å². The summed E-state index contributed by atoms with van der Waals surface area (Å²) in [7, 11) is 0. The molecule has 0 saturated carbocycles. The molecule has 1 rings (SSSR count). The van der Waals surface area contributed by atoms with E-state index in [4.69, 9.17) is 5.84 Å². The average Bonchev–Trinajstić information content (AvgIpc) is 2.33. The Morgan fingerprint density at radius 3 is 2.70 bits per heavy atom. The zero-order valence-electron chi connectivity index (χ0n) is 5.94. The molecule has 0 aliphatic carbocycles. The number of tetrazole rings is 1. The molecule has 0 spiro atoms. The van der Waals surface area contributed by atoms with E-state index >= 15 is 0 Å². The Balaban J connectivity index is 2.90. The molecule has 1 aromatic rings. The molecular weight excluding hydrogens is 132 g/mol. The first-order chi connectivity index (χ1) is 4.75. The molecule has 0 atom stereocenters. The van der Waals surface area contributed by atoms with Crippen LogP contribution < -0.4 is 11.3 Å². The number of nitrogens with zero attached hydrogens (tertiary/aromatic N) is 4. The molecule has 10 heavy (non-hydrogen) atoms. The van der Waals surface area contributed by atoms with Crippen LogP contribution in [0.1, 0.15) is 19.9 Å². The Morgan fingerprint density at radius 2 is 2.30 bits per heavy atom. The second kappa shape index (κ2) is 2.61. The maximum Gasteiger partial charge on any atom is 0.257 e. The van der Waals surface area contributed by atoms with Crippen LogP contribution in [0.2, 0.25) is 0 Å². The third kappa shape index (κ3) is 1.06. The van der Waals surface area contributed by atoms with Crippen LogP contribution in [0.15, 0.2) is 0 Å². The highest BCUT2D eigenvalue weighted by molar-refractivity contribution is 5.18. The van der Waals surface area contributed by atoms with Crippen LogP contribution in [-0.2, 0) is 0 Å².